The van der Waals surface area contributed by atoms with Crippen molar-refractivity contribution in [2.45, 2.75) is 25.7 Å². The molecule has 0 aliphatic heterocycles. The molecular weight excluding hydrogens is 278 g/mol. The first-order chi connectivity index (χ1) is 10.7. The number of nitrogens with zero attached hydrogens (tertiary/aromatic N) is 3. The zero-order chi connectivity index (χ0) is 15.9. The van der Waals surface area contributed by atoms with E-state index in [1.54, 1.807) is 0 Å². The molecular formula is C17H17N3O2. The molecule has 0 atom stereocenters. The van der Waals surface area contributed by atoms with Gasteiger partial charge in [0.15, 0.2) is 0 Å². The predicted octanol–water partition coefficient (Wildman–Crippen LogP) is 2.69. The number of anilines is 1. The number of ether oxygens (including phenoxy) is 1. The molecule has 22 heavy (non-hydrogen) atoms. The van der Waals surface area contributed by atoms with Crippen molar-refractivity contribution in [2.75, 3.05) is 18.6 Å². The summed E-state index contributed by atoms with van der Waals surface area (Å²) in [6.45, 7) is 0.205. The predicted molar refractivity (Wildman–Crippen MR) is 81.6 cm³/mol. The number of nitriles is 2. The molecule has 0 amide bonds. The SMILES string of the molecule is COC(=O)Cc1ccc(N(CC#N)C2=C(C#N)CCC2)cc1. The first-order valence-electron chi connectivity index (χ1n) is 7.12. The summed E-state index contributed by atoms with van der Waals surface area (Å²) in [6, 6.07) is 11.8. The number of rotatable bonds is 5. The Hall–Kier alpha value is -2.79. The summed E-state index contributed by atoms with van der Waals surface area (Å²) in [4.78, 5) is 13.2. The van der Waals surface area contributed by atoms with Crippen LogP contribution in [0.2, 0.25) is 0 Å². The van der Waals surface area contributed by atoms with E-state index in [1.165, 1.54) is 7.11 Å². The van der Waals surface area contributed by atoms with Crippen LogP contribution >= 0.6 is 0 Å². The normalized spacial score (nSPS) is 13.4. The molecule has 0 fully saturated rings. The molecule has 0 aromatic heterocycles. The van der Waals surface area contributed by atoms with Gasteiger partial charge in [-0.2, -0.15) is 10.5 Å². The topological polar surface area (TPSA) is 77.1 Å². The average Bonchev–Trinajstić information content (AvgIpc) is 3.01. The maximum absolute atomic E-state index is 11.3. The third kappa shape index (κ3) is 3.45. The van der Waals surface area contributed by atoms with Crippen LogP contribution in [0.5, 0.6) is 0 Å². The van der Waals surface area contributed by atoms with Crippen molar-refractivity contribution in [2.24, 2.45) is 0 Å². The van der Waals surface area contributed by atoms with E-state index in [4.69, 9.17) is 5.26 Å². The number of carbonyl (C=O) groups excluding carboxylic acids is 1. The van der Waals surface area contributed by atoms with Crippen LogP contribution in [-0.4, -0.2) is 19.6 Å². The van der Waals surface area contributed by atoms with E-state index >= 15 is 0 Å². The second-order valence-electron chi connectivity index (χ2n) is 5.05. The lowest BCUT2D eigenvalue weighted by molar-refractivity contribution is -0.139. The molecule has 1 aliphatic rings. The van der Waals surface area contributed by atoms with Gasteiger partial charge in [-0.1, -0.05) is 12.1 Å². The fourth-order valence-electron chi connectivity index (χ4n) is 2.59. The number of carbonyl (C=O) groups is 1. The monoisotopic (exact) mass is 295 g/mol. The summed E-state index contributed by atoms with van der Waals surface area (Å²) in [5.41, 5.74) is 3.41. The second-order valence-corrected chi connectivity index (χ2v) is 5.05. The molecule has 5 nitrogen and oxygen atoms in total. The Balaban J connectivity index is 2.25. The summed E-state index contributed by atoms with van der Waals surface area (Å²) in [6.07, 6.45) is 2.75. The molecule has 1 aliphatic carbocycles. The number of hydrogen-bond donors (Lipinski definition) is 0. The minimum Gasteiger partial charge on any atom is -0.469 e. The van der Waals surface area contributed by atoms with Gasteiger partial charge in [-0.15, -0.1) is 0 Å². The summed E-state index contributed by atoms with van der Waals surface area (Å²) >= 11 is 0. The maximum atomic E-state index is 11.3. The Morgan fingerprint density at radius 2 is 2.00 bits per heavy atom. The zero-order valence-corrected chi connectivity index (χ0v) is 12.5. The van der Waals surface area contributed by atoms with Crippen LogP contribution in [0.15, 0.2) is 35.5 Å². The van der Waals surface area contributed by atoms with Crippen molar-refractivity contribution in [1.29, 1.82) is 10.5 Å². The van der Waals surface area contributed by atoms with Crippen molar-refractivity contribution in [1.82, 2.24) is 0 Å². The van der Waals surface area contributed by atoms with Crippen LogP contribution in [0.25, 0.3) is 0 Å². The van der Waals surface area contributed by atoms with Crippen LogP contribution in [0.4, 0.5) is 5.69 Å². The highest BCUT2D eigenvalue weighted by Crippen LogP contribution is 2.31. The highest BCUT2D eigenvalue weighted by molar-refractivity contribution is 5.72. The molecule has 0 unspecified atom stereocenters. The Labute approximate surface area is 130 Å². The third-order valence-corrected chi connectivity index (χ3v) is 3.70. The molecule has 1 aromatic rings. The summed E-state index contributed by atoms with van der Waals surface area (Å²) in [5, 5.41) is 18.3. The Morgan fingerprint density at radius 1 is 1.27 bits per heavy atom. The Bertz CT molecular complexity index is 663. The number of allylic oxidation sites excluding steroid dienone is 2. The Kier molecular flexibility index (Phi) is 5.16. The van der Waals surface area contributed by atoms with Crippen molar-refractivity contribution in [3.8, 4) is 12.1 Å². The largest absolute Gasteiger partial charge is 0.469 e. The van der Waals surface area contributed by atoms with Gasteiger partial charge in [-0.3, -0.25) is 4.79 Å². The zero-order valence-electron chi connectivity index (χ0n) is 12.5. The van der Waals surface area contributed by atoms with E-state index in [9.17, 15) is 10.1 Å². The number of hydrogen-bond acceptors (Lipinski definition) is 5. The lowest BCUT2D eigenvalue weighted by Crippen LogP contribution is -2.22. The number of benzene rings is 1. The van der Waals surface area contributed by atoms with Gasteiger partial charge >= 0.3 is 5.97 Å². The van der Waals surface area contributed by atoms with E-state index in [-0.39, 0.29) is 18.9 Å². The molecule has 0 saturated heterocycles. The van der Waals surface area contributed by atoms with Crippen LogP contribution in [0.1, 0.15) is 24.8 Å². The fraction of sp³-hybridized carbons (Fsp3) is 0.353. The van der Waals surface area contributed by atoms with Crippen LogP contribution in [0.3, 0.4) is 0 Å². The summed E-state index contributed by atoms with van der Waals surface area (Å²) in [5.74, 6) is -0.285. The first kappa shape index (κ1) is 15.6. The average molecular weight is 295 g/mol. The van der Waals surface area contributed by atoms with Crippen LogP contribution < -0.4 is 4.90 Å². The highest BCUT2D eigenvalue weighted by atomic mass is 16.5. The van der Waals surface area contributed by atoms with Gasteiger partial charge in [0.1, 0.15) is 6.54 Å². The van der Waals surface area contributed by atoms with Gasteiger partial charge < -0.3 is 9.64 Å². The Morgan fingerprint density at radius 3 is 2.59 bits per heavy atom. The lowest BCUT2D eigenvalue weighted by atomic mass is 10.1. The molecule has 5 heteroatoms. The minimum atomic E-state index is -0.285. The molecule has 1 aromatic carbocycles. The summed E-state index contributed by atoms with van der Waals surface area (Å²) < 4.78 is 4.64. The van der Waals surface area contributed by atoms with Gasteiger partial charge in [0.05, 0.1) is 25.7 Å². The lowest BCUT2D eigenvalue weighted by Gasteiger charge is -2.24. The standard InChI is InChI=1S/C17H17N3O2/c1-22-17(21)11-13-5-7-15(8-6-13)20(10-9-18)16-4-2-3-14(16)12-19/h5-8H,2-4,10-11H2,1H3. The van der Waals surface area contributed by atoms with Crippen molar-refractivity contribution < 1.29 is 9.53 Å². The quantitative estimate of drug-likeness (QED) is 0.616. The van der Waals surface area contributed by atoms with Crippen molar-refractivity contribution >= 4 is 11.7 Å². The van der Waals surface area contributed by atoms with Crippen LogP contribution in [0, 0.1) is 22.7 Å². The molecule has 0 bridgehead atoms. The van der Waals surface area contributed by atoms with Gasteiger partial charge in [-0.05, 0) is 37.0 Å². The molecule has 112 valence electrons. The van der Waals surface area contributed by atoms with Gasteiger partial charge in [0, 0.05) is 17.0 Å². The molecule has 0 radical (unpaired) electrons. The molecule has 0 saturated carbocycles. The van der Waals surface area contributed by atoms with E-state index < -0.39 is 0 Å². The van der Waals surface area contributed by atoms with Crippen LogP contribution in [-0.2, 0) is 16.0 Å². The molecule has 2 rings (SSSR count). The number of methoxy groups -OCH3 is 1. The van der Waals surface area contributed by atoms with Gasteiger partial charge in [0.25, 0.3) is 0 Å². The molecule has 0 heterocycles. The van der Waals surface area contributed by atoms with E-state index in [1.807, 2.05) is 29.2 Å². The maximum Gasteiger partial charge on any atom is 0.309 e. The van der Waals surface area contributed by atoms with Crippen molar-refractivity contribution in [3.05, 3.63) is 41.1 Å². The fourth-order valence-corrected chi connectivity index (χ4v) is 2.59. The second kappa shape index (κ2) is 7.28. The molecule has 0 spiro atoms. The van der Waals surface area contributed by atoms with E-state index in [0.29, 0.717) is 0 Å². The third-order valence-electron chi connectivity index (χ3n) is 3.70. The van der Waals surface area contributed by atoms with Gasteiger partial charge in [0.2, 0.25) is 0 Å². The first-order valence-corrected chi connectivity index (χ1v) is 7.12. The molecule has 0 N–H and O–H groups in total. The number of esters is 1. The minimum absolute atomic E-state index is 0.205. The van der Waals surface area contributed by atoms with E-state index in [0.717, 1.165) is 41.8 Å². The smallest absolute Gasteiger partial charge is 0.309 e. The van der Waals surface area contributed by atoms with Gasteiger partial charge in [-0.25, -0.2) is 0 Å². The summed E-state index contributed by atoms with van der Waals surface area (Å²) in [7, 11) is 1.36. The van der Waals surface area contributed by atoms with E-state index in [2.05, 4.69) is 16.9 Å². The highest BCUT2D eigenvalue weighted by Gasteiger charge is 2.21. The van der Waals surface area contributed by atoms with Crippen molar-refractivity contribution in [3.63, 3.8) is 0 Å².